The summed E-state index contributed by atoms with van der Waals surface area (Å²) in [7, 11) is 0. The van der Waals surface area contributed by atoms with Crippen LogP contribution in [0.4, 0.5) is 26.3 Å². The fraction of sp³-hybridized carbons (Fsp3) is 0.143. The van der Waals surface area contributed by atoms with Crippen LogP contribution in [-0.4, -0.2) is 5.11 Å². The van der Waals surface area contributed by atoms with E-state index in [2.05, 4.69) is 0 Å². The molecular formula is C14H8F6O. The van der Waals surface area contributed by atoms with Gasteiger partial charge < -0.3 is 5.11 Å². The van der Waals surface area contributed by atoms with Crippen LogP contribution < -0.4 is 0 Å². The van der Waals surface area contributed by atoms with E-state index in [1.54, 1.807) is 0 Å². The number of benzene rings is 2. The average Bonchev–Trinajstić information content (AvgIpc) is 2.39. The van der Waals surface area contributed by atoms with Gasteiger partial charge in [-0.15, -0.1) is 0 Å². The molecule has 0 saturated carbocycles. The SMILES string of the molecule is OC(c1cc(F)cc(C(F)(F)F)c1)c1ccc(F)c(F)c1. The van der Waals surface area contributed by atoms with Gasteiger partial charge in [-0.1, -0.05) is 6.07 Å². The van der Waals surface area contributed by atoms with E-state index in [9.17, 15) is 31.4 Å². The Hall–Kier alpha value is -2.02. The molecule has 0 aliphatic rings. The molecule has 21 heavy (non-hydrogen) atoms. The van der Waals surface area contributed by atoms with Crippen LogP contribution in [0.15, 0.2) is 36.4 Å². The fourth-order valence-corrected chi connectivity index (χ4v) is 1.81. The first-order valence-electron chi connectivity index (χ1n) is 5.69. The van der Waals surface area contributed by atoms with Crippen LogP contribution in [0.3, 0.4) is 0 Å². The number of halogens is 6. The molecule has 0 saturated heterocycles. The van der Waals surface area contributed by atoms with Crippen molar-refractivity contribution in [2.24, 2.45) is 0 Å². The van der Waals surface area contributed by atoms with Gasteiger partial charge in [0.2, 0.25) is 0 Å². The molecule has 1 nitrogen and oxygen atoms in total. The first-order valence-corrected chi connectivity index (χ1v) is 5.69. The van der Waals surface area contributed by atoms with E-state index in [-0.39, 0.29) is 11.6 Å². The van der Waals surface area contributed by atoms with Crippen molar-refractivity contribution in [1.82, 2.24) is 0 Å². The van der Waals surface area contributed by atoms with Gasteiger partial charge >= 0.3 is 6.18 Å². The molecule has 0 spiro atoms. The molecule has 0 radical (unpaired) electrons. The molecule has 2 aromatic rings. The van der Waals surface area contributed by atoms with Crippen molar-refractivity contribution < 1.29 is 31.4 Å². The normalized spacial score (nSPS) is 13.3. The number of alkyl halides is 3. The van der Waals surface area contributed by atoms with Crippen LogP contribution in [0.2, 0.25) is 0 Å². The molecule has 0 aliphatic heterocycles. The fourth-order valence-electron chi connectivity index (χ4n) is 1.81. The second-order valence-corrected chi connectivity index (χ2v) is 4.35. The smallest absolute Gasteiger partial charge is 0.384 e. The lowest BCUT2D eigenvalue weighted by molar-refractivity contribution is -0.137. The largest absolute Gasteiger partial charge is 0.416 e. The molecule has 2 rings (SSSR count). The first kappa shape index (κ1) is 15.4. The minimum atomic E-state index is -4.79. The van der Waals surface area contributed by atoms with Crippen LogP contribution in [0, 0.1) is 17.5 Å². The Morgan fingerprint density at radius 2 is 1.48 bits per heavy atom. The van der Waals surface area contributed by atoms with Gasteiger partial charge in [-0.05, 0) is 41.5 Å². The lowest BCUT2D eigenvalue weighted by Gasteiger charge is -2.14. The molecule has 1 N–H and O–H groups in total. The van der Waals surface area contributed by atoms with Crippen molar-refractivity contribution in [3.8, 4) is 0 Å². The van der Waals surface area contributed by atoms with E-state index >= 15 is 0 Å². The van der Waals surface area contributed by atoms with Crippen LogP contribution in [-0.2, 0) is 6.18 Å². The Balaban J connectivity index is 2.45. The molecule has 0 bridgehead atoms. The van der Waals surface area contributed by atoms with Crippen LogP contribution in [0.25, 0.3) is 0 Å². The van der Waals surface area contributed by atoms with Crippen molar-refractivity contribution in [2.75, 3.05) is 0 Å². The van der Waals surface area contributed by atoms with Crippen LogP contribution >= 0.6 is 0 Å². The number of rotatable bonds is 2. The summed E-state index contributed by atoms with van der Waals surface area (Å²) in [6.07, 6.45) is -6.50. The summed E-state index contributed by atoms with van der Waals surface area (Å²) in [4.78, 5) is 0. The molecule has 0 amide bonds. The summed E-state index contributed by atoms with van der Waals surface area (Å²) in [5.41, 5.74) is -1.87. The predicted octanol–water partition coefficient (Wildman–Crippen LogP) is 4.20. The highest BCUT2D eigenvalue weighted by molar-refractivity contribution is 5.34. The lowest BCUT2D eigenvalue weighted by atomic mass is 9.99. The molecule has 112 valence electrons. The highest BCUT2D eigenvalue weighted by Gasteiger charge is 2.32. The predicted molar refractivity (Wildman–Crippen MR) is 61.8 cm³/mol. The van der Waals surface area contributed by atoms with Gasteiger partial charge in [0.15, 0.2) is 11.6 Å². The van der Waals surface area contributed by atoms with Gasteiger partial charge in [-0.2, -0.15) is 13.2 Å². The molecule has 0 aliphatic carbocycles. The Morgan fingerprint density at radius 1 is 0.810 bits per heavy atom. The Kier molecular flexibility index (Phi) is 3.95. The minimum absolute atomic E-state index is 0.187. The van der Waals surface area contributed by atoms with Gasteiger partial charge in [0.05, 0.1) is 5.56 Å². The first-order chi connectivity index (χ1) is 9.68. The van der Waals surface area contributed by atoms with Crippen LogP contribution in [0.5, 0.6) is 0 Å². The van der Waals surface area contributed by atoms with Crippen molar-refractivity contribution in [3.05, 3.63) is 70.5 Å². The van der Waals surface area contributed by atoms with E-state index in [1.807, 2.05) is 0 Å². The van der Waals surface area contributed by atoms with E-state index in [4.69, 9.17) is 0 Å². The summed E-state index contributed by atoms with van der Waals surface area (Å²) in [6.45, 7) is 0. The summed E-state index contributed by atoms with van der Waals surface area (Å²) in [5.74, 6) is -3.62. The number of aliphatic hydroxyl groups is 1. The second kappa shape index (κ2) is 5.40. The van der Waals surface area contributed by atoms with Crippen molar-refractivity contribution >= 4 is 0 Å². The zero-order valence-electron chi connectivity index (χ0n) is 10.3. The molecule has 0 aromatic heterocycles. The summed E-state index contributed by atoms with van der Waals surface area (Å²) in [5, 5.41) is 9.90. The highest BCUT2D eigenvalue weighted by atomic mass is 19.4. The van der Waals surface area contributed by atoms with Gasteiger partial charge in [0.1, 0.15) is 11.9 Å². The van der Waals surface area contributed by atoms with Gasteiger partial charge in [-0.25, -0.2) is 13.2 Å². The van der Waals surface area contributed by atoms with E-state index < -0.39 is 40.9 Å². The summed E-state index contributed by atoms with van der Waals surface area (Å²) >= 11 is 0. The third kappa shape index (κ3) is 3.36. The van der Waals surface area contributed by atoms with Gasteiger partial charge in [0.25, 0.3) is 0 Å². The Labute approximate surface area is 115 Å². The number of hydrogen-bond acceptors (Lipinski definition) is 1. The molecule has 1 atom stereocenters. The zero-order chi connectivity index (χ0) is 15.8. The maximum absolute atomic E-state index is 13.2. The van der Waals surface area contributed by atoms with Gasteiger partial charge in [-0.3, -0.25) is 0 Å². The van der Waals surface area contributed by atoms with E-state index in [1.165, 1.54) is 0 Å². The summed E-state index contributed by atoms with van der Waals surface area (Å²) in [6, 6.07) is 3.88. The van der Waals surface area contributed by atoms with Gasteiger partial charge in [0, 0.05) is 0 Å². The van der Waals surface area contributed by atoms with E-state index in [0.29, 0.717) is 18.2 Å². The monoisotopic (exact) mass is 306 g/mol. The van der Waals surface area contributed by atoms with Crippen LogP contribution in [0.1, 0.15) is 22.8 Å². The molecule has 1 unspecified atom stereocenters. The van der Waals surface area contributed by atoms with Crippen molar-refractivity contribution in [3.63, 3.8) is 0 Å². The topological polar surface area (TPSA) is 20.2 Å². The zero-order valence-corrected chi connectivity index (χ0v) is 10.3. The lowest BCUT2D eigenvalue weighted by Crippen LogP contribution is -2.09. The molecule has 0 heterocycles. The van der Waals surface area contributed by atoms with Crippen molar-refractivity contribution in [1.29, 1.82) is 0 Å². The van der Waals surface area contributed by atoms with E-state index in [0.717, 1.165) is 12.1 Å². The number of hydrogen-bond donors (Lipinski definition) is 1. The second-order valence-electron chi connectivity index (χ2n) is 4.35. The summed E-state index contributed by atoms with van der Waals surface area (Å²) < 4.78 is 76.8. The third-order valence-electron chi connectivity index (χ3n) is 2.82. The maximum atomic E-state index is 13.2. The standard InChI is InChI=1S/C14H8F6O/c15-10-4-8(3-9(6-10)14(18,19)20)13(21)7-1-2-11(16)12(17)5-7/h1-6,13,21H. The quantitative estimate of drug-likeness (QED) is 0.824. The molecule has 7 heteroatoms. The highest BCUT2D eigenvalue weighted by Crippen LogP contribution is 2.33. The van der Waals surface area contributed by atoms with Crippen molar-refractivity contribution in [2.45, 2.75) is 12.3 Å². The molecule has 0 fully saturated rings. The number of aliphatic hydroxyl groups excluding tert-OH is 1. The Bertz CT molecular complexity index is 665. The third-order valence-corrected chi connectivity index (χ3v) is 2.82. The molecular weight excluding hydrogens is 298 g/mol. The maximum Gasteiger partial charge on any atom is 0.416 e. The Morgan fingerprint density at radius 3 is 2.05 bits per heavy atom. The average molecular weight is 306 g/mol. The molecule has 2 aromatic carbocycles. The minimum Gasteiger partial charge on any atom is -0.384 e.